The first-order valence-electron chi connectivity index (χ1n) is 8.22. The maximum Gasteiger partial charge on any atom is 0.0928 e. The van der Waals surface area contributed by atoms with Gasteiger partial charge in [-0.2, -0.15) is 0 Å². The van der Waals surface area contributed by atoms with Gasteiger partial charge in [0.15, 0.2) is 0 Å². The molecule has 0 spiro atoms. The molecule has 1 aromatic rings. The lowest BCUT2D eigenvalue weighted by atomic mass is 10.2. The minimum atomic E-state index is 0.539. The number of nitrogens with zero attached hydrogens (tertiary/aromatic N) is 3. The van der Waals surface area contributed by atoms with E-state index in [1.54, 1.807) is 11.3 Å². The Morgan fingerprint density at radius 2 is 2.19 bits per heavy atom. The van der Waals surface area contributed by atoms with E-state index in [1.165, 1.54) is 57.0 Å². The van der Waals surface area contributed by atoms with Gasteiger partial charge in [-0.15, -0.1) is 22.9 Å². The maximum absolute atomic E-state index is 5.78. The summed E-state index contributed by atoms with van der Waals surface area (Å²) in [6.07, 6.45) is 4.96. The Morgan fingerprint density at radius 1 is 1.38 bits per heavy atom. The molecule has 5 heteroatoms. The van der Waals surface area contributed by atoms with Crippen LogP contribution < -0.4 is 0 Å². The van der Waals surface area contributed by atoms with Crippen LogP contribution in [0.5, 0.6) is 0 Å². The molecule has 0 amide bonds. The highest BCUT2D eigenvalue weighted by Crippen LogP contribution is 2.17. The lowest BCUT2D eigenvalue weighted by Gasteiger charge is -2.26. The molecular formula is C16H28ClN3S. The van der Waals surface area contributed by atoms with Gasteiger partial charge >= 0.3 is 0 Å². The van der Waals surface area contributed by atoms with Crippen molar-refractivity contribution in [3.8, 4) is 0 Å². The van der Waals surface area contributed by atoms with E-state index in [0.29, 0.717) is 5.88 Å². The highest BCUT2D eigenvalue weighted by molar-refractivity contribution is 7.09. The summed E-state index contributed by atoms with van der Waals surface area (Å²) in [6, 6.07) is 0.783. The van der Waals surface area contributed by atoms with Crippen LogP contribution in [0, 0.1) is 0 Å². The SMILES string of the molecule is CCN(CC)C1CCN(CCCCc2nc(CCl)cs2)C1. The number of likely N-dealkylation sites (tertiary alicyclic amines) is 1. The molecule has 0 bridgehead atoms. The van der Waals surface area contributed by atoms with Crippen molar-refractivity contribution in [2.75, 3.05) is 32.7 Å². The van der Waals surface area contributed by atoms with E-state index in [0.717, 1.165) is 18.2 Å². The van der Waals surface area contributed by atoms with Gasteiger partial charge in [0.25, 0.3) is 0 Å². The highest BCUT2D eigenvalue weighted by Gasteiger charge is 2.25. The molecule has 0 N–H and O–H groups in total. The van der Waals surface area contributed by atoms with Crippen LogP contribution in [0.1, 0.15) is 43.8 Å². The zero-order chi connectivity index (χ0) is 15.1. The first kappa shape index (κ1) is 17.2. The Labute approximate surface area is 138 Å². The number of rotatable bonds is 9. The Morgan fingerprint density at radius 3 is 2.86 bits per heavy atom. The van der Waals surface area contributed by atoms with Gasteiger partial charge in [0, 0.05) is 18.0 Å². The fourth-order valence-electron chi connectivity index (χ4n) is 3.19. The second-order valence-electron chi connectivity index (χ2n) is 5.79. The predicted octanol–water partition coefficient (Wildman–Crippen LogP) is 3.62. The third-order valence-electron chi connectivity index (χ3n) is 4.43. The van der Waals surface area contributed by atoms with Crippen molar-refractivity contribution in [3.63, 3.8) is 0 Å². The summed E-state index contributed by atoms with van der Waals surface area (Å²) in [4.78, 5) is 9.76. The number of likely N-dealkylation sites (N-methyl/N-ethyl adjacent to an activating group) is 1. The molecule has 0 saturated carbocycles. The number of aryl methyl sites for hydroxylation is 1. The lowest BCUT2D eigenvalue weighted by molar-refractivity contribution is 0.210. The van der Waals surface area contributed by atoms with Gasteiger partial charge in [-0.1, -0.05) is 13.8 Å². The summed E-state index contributed by atoms with van der Waals surface area (Å²) in [5.41, 5.74) is 1.03. The summed E-state index contributed by atoms with van der Waals surface area (Å²) < 4.78 is 0. The molecule has 21 heavy (non-hydrogen) atoms. The molecule has 1 atom stereocenters. The molecule has 1 unspecified atom stereocenters. The number of alkyl halides is 1. The second-order valence-corrected chi connectivity index (χ2v) is 7.00. The standard InChI is InChI=1S/C16H28ClN3S/c1-3-20(4-2)15-8-10-19(12-15)9-6-5-7-16-18-14(11-17)13-21-16/h13,15H,3-12H2,1-2H3. The molecule has 120 valence electrons. The van der Waals surface area contributed by atoms with Crippen molar-refractivity contribution in [1.29, 1.82) is 0 Å². The third kappa shape index (κ3) is 5.20. The number of aromatic nitrogens is 1. The molecule has 0 aliphatic carbocycles. The minimum Gasteiger partial charge on any atom is -0.302 e. The van der Waals surface area contributed by atoms with Crippen LogP contribution in [-0.4, -0.2) is 53.5 Å². The third-order valence-corrected chi connectivity index (χ3v) is 5.66. The number of hydrogen-bond acceptors (Lipinski definition) is 4. The summed E-state index contributed by atoms with van der Waals surface area (Å²) in [6.45, 7) is 10.7. The monoisotopic (exact) mass is 329 g/mol. The molecular weight excluding hydrogens is 302 g/mol. The lowest BCUT2D eigenvalue weighted by Crippen LogP contribution is -2.37. The fourth-order valence-corrected chi connectivity index (χ4v) is 4.26. The van der Waals surface area contributed by atoms with Crippen LogP contribution in [-0.2, 0) is 12.3 Å². The van der Waals surface area contributed by atoms with Crippen molar-refractivity contribution in [2.24, 2.45) is 0 Å². The van der Waals surface area contributed by atoms with E-state index in [2.05, 4.69) is 34.0 Å². The molecule has 0 aromatic carbocycles. The van der Waals surface area contributed by atoms with Crippen LogP contribution in [0.2, 0.25) is 0 Å². The molecule has 0 radical (unpaired) electrons. The maximum atomic E-state index is 5.78. The van der Waals surface area contributed by atoms with Crippen molar-refractivity contribution < 1.29 is 0 Å². The molecule has 2 heterocycles. The van der Waals surface area contributed by atoms with Crippen LogP contribution >= 0.6 is 22.9 Å². The van der Waals surface area contributed by atoms with Gasteiger partial charge < -0.3 is 4.90 Å². The zero-order valence-corrected chi connectivity index (χ0v) is 14.9. The topological polar surface area (TPSA) is 19.4 Å². The van der Waals surface area contributed by atoms with Gasteiger partial charge in [-0.05, 0) is 51.9 Å². The van der Waals surface area contributed by atoms with Gasteiger partial charge in [0.1, 0.15) is 0 Å². The molecule has 2 rings (SSSR count). The summed E-state index contributed by atoms with van der Waals surface area (Å²) in [7, 11) is 0. The van der Waals surface area contributed by atoms with E-state index in [9.17, 15) is 0 Å². The zero-order valence-electron chi connectivity index (χ0n) is 13.4. The predicted molar refractivity (Wildman–Crippen MR) is 92.4 cm³/mol. The number of unbranched alkanes of at least 4 members (excludes halogenated alkanes) is 1. The molecule has 1 aromatic heterocycles. The van der Waals surface area contributed by atoms with E-state index in [-0.39, 0.29) is 0 Å². The van der Waals surface area contributed by atoms with E-state index in [4.69, 9.17) is 11.6 Å². The Hall–Kier alpha value is -0.160. The van der Waals surface area contributed by atoms with Crippen molar-refractivity contribution in [2.45, 2.75) is 51.5 Å². The smallest absolute Gasteiger partial charge is 0.0928 e. The quantitative estimate of drug-likeness (QED) is 0.509. The average Bonchev–Trinajstić information content (AvgIpc) is 3.14. The van der Waals surface area contributed by atoms with Gasteiger partial charge in [-0.25, -0.2) is 4.98 Å². The Bertz CT molecular complexity index is 406. The molecule has 1 aliphatic heterocycles. The average molecular weight is 330 g/mol. The van der Waals surface area contributed by atoms with Crippen molar-refractivity contribution in [1.82, 2.24) is 14.8 Å². The van der Waals surface area contributed by atoms with Gasteiger partial charge in [-0.3, -0.25) is 4.90 Å². The minimum absolute atomic E-state index is 0.539. The van der Waals surface area contributed by atoms with Gasteiger partial charge in [0.05, 0.1) is 16.6 Å². The van der Waals surface area contributed by atoms with E-state index >= 15 is 0 Å². The second kappa shape index (κ2) is 9.09. The highest BCUT2D eigenvalue weighted by atomic mass is 35.5. The van der Waals surface area contributed by atoms with Crippen LogP contribution in [0.15, 0.2) is 5.38 Å². The molecule has 1 saturated heterocycles. The number of halogens is 1. The largest absolute Gasteiger partial charge is 0.302 e. The first-order chi connectivity index (χ1) is 10.3. The Balaban J connectivity index is 1.61. The van der Waals surface area contributed by atoms with Crippen LogP contribution in [0.25, 0.3) is 0 Å². The summed E-state index contributed by atoms with van der Waals surface area (Å²) >= 11 is 7.54. The molecule has 3 nitrogen and oxygen atoms in total. The fraction of sp³-hybridized carbons (Fsp3) is 0.812. The number of thiazole rings is 1. The Kier molecular flexibility index (Phi) is 7.44. The normalized spacial score (nSPS) is 19.7. The molecule has 1 fully saturated rings. The van der Waals surface area contributed by atoms with Crippen molar-refractivity contribution in [3.05, 3.63) is 16.1 Å². The van der Waals surface area contributed by atoms with E-state index in [1.807, 2.05) is 0 Å². The molecule has 1 aliphatic rings. The van der Waals surface area contributed by atoms with Gasteiger partial charge in [0.2, 0.25) is 0 Å². The van der Waals surface area contributed by atoms with E-state index < -0.39 is 0 Å². The van der Waals surface area contributed by atoms with Crippen molar-refractivity contribution >= 4 is 22.9 Å². The van der Waals surface area contributed by atoms with Crippen LogP contribution in [0.3, 0.4) is 0 Å². The summed E-state index contributed by atoms with van der Waals surface area (Å²) in [5, 5.41) is 3.32. The van der Waals surface area contributed by atoms with Crippen LogP contribution in [0.4, 0.5) is 0 Å². The first-order valence-corrected chi connectivity index (χ1v) is 9.63. The summed E-state index contributed by atoms with van der Waals surface area (Å²) in [5.74, 6) is 0.539. The number of hydrogen-bond donors (Lipinski definition) is 0.